The number of hydrogen-bond acceptors (Lipinski definition) is 6. The van der Waals surface area contributed by atoms with E-state index in [4.69, 9.17) is 5.26 Å². The van der Waals surface area contributed by atoms with Crippen LogP contribution in [0.3, 0.4) is 0 Å². The summed E-state index contributed by atoms with van der Waals surface area (Å²) in [6.45, 7) is 3.18. The molecule has 4 heterocycles. The van der Waals surface area contributed by atoms with Crippen LogP contribution in [0.5, 0.6) is 0 Å². The van der Waals surface area contributed by atoms with E-state index in [2.05, 4.69) is 16.2 Å². The standard InChI is InChI=1S/C19H16N6O/c1-12-17(5-7-24(12)11-21)25-10-14-2-3-16(23-18(14)19(25)26)13-4-6-22-15(8-13)9-20/h2-4,6,8,12,17H,5,7,10H2,1H3/t12-,17-/m1/s1. The molecule has 1 fully saturated rings. The topological polar surface area (TPSA) is 96.9 Å². The van der Waals surface area contributed by atoms with E-state index in [9.17, 15) is 10.1 Å². The molecule has 0 aromatic carbocycles. The maximum absolute atomic E-state index is 12.9. The lowest BCUT2D eigenvalue weighted by molar-refractivity contribution is 0.0674. The van der Waals surface area contributed by atoms with Crippen LogP contribution in [0, 0.1) is 22.8 Å². The summed E-state index contributed by atoms with van der Waals surface area (Å²) in [5.41, 5.74) is 3.08. The lowest BCUT2D eigenvalue weighted by Crippen LogP contribution is -2.42. The molecule has 0 spiro atoms. The van der Waals surface area contributed by atoms with Crippen molar-refractivity contribution in [2.75, 3.05) is 6.54 Å². The number of rotatable bonds is 2. The minimum absolute atomic E-state index is 0.0103. The Morgan fingerprint density at radius 1 is 1.27 bits per heavy atom. The molecule has 0 radical (unpaired) electrons. The lowest BCUT2D eigenvalue weighted by Gasteiger charge is -2.28. The van der Waals surface area contributed by atoms with Crippen molar-refractivity contribution in [2.45, 2.75) is 32.0 Å². The third kappa shape index (κ3) is 2.46. The zero-order valence-corrected chi connectivity index (χ0v) is 14.3. The van der Waals surface area contributed by atoms with Crippen LogP contribution in [-0.2, 0) is 6.54 Å². The molecule has 2 aromatic rings. The number of nitriles is 2. The third-order valence-electron chi connectivity index (χ3n) is 5.20. The molecule has 0 unspecified atom stereocenters. The number of hydrogen-bond donors (Lipinski definition) is 0. The Morgan fingerprint density at radius 2 is 2.12 bits per heavy atom. The molecule has 4 rings (SSSR count). The van der Waals surface area contributed by atoms with Gasteiger partial charge in [-0.1, -0.05) is 6.07 Å². The van der Waals surface area contributed by atoms with Crippen LogP contribution in [0.25, 0.3) is 11.3 Å². The molecule has 7 nitrogen and oxygen atoms in total. The van der Waals surface area contributed by atoms with Crippen molar-refractivity contribution in [1.29, 1.82) is 10.5 Å². The fourth-order valence-electron chi connectivity index (χ4n) is 3.75. The molecule has 2 aliphatic heterocycles. The molecule has 1 saturated heterocycles. The van der Waals surface area contributed by atoms with Gasteiger partial charge in [-0.05, 0) is 31.5 Å². The van der Waals surface area contributed by atoms with Crippen molar-refractivity contribution in [2.24, 2.45) is 0 Å². The molecule has 2 atom stereocenters. The van der Waals surface area contributed by atoms with Crippen LogP contribution < -0.4 is 0 Å². The van der Waals surface area contributed by atoms with Gasteiger partial charge in [0.2, 0.25) is 0 Å². The summed E-state index contributed by atoms with van der Waals surface area (Å²) in [4.78, 5) is 25.0. The minimum atomic E-state index is -0.0898. The van der Waals surface area contributed by atoms with Gasteiger partial charge in [-0.2, -0.15) is 10.5 Å². The maximum atomic E-state index is 12.9. The average Bonchev–Trinajstić information content (AvgIpc) is 3.21. The third-order valence-corrected chi connectivity index (χ3v) is 5.20. The molecule has 128 valence electrons. The number of aromatic nitrogens is 2. The Hall–Kier alpha value is -3.45. The highest BCUT2D eigenvalue weighted by atomic mass is 16.2. The van der Waals surface area contributed by atoms with Crippen LogP contribution >= 0.6 is 0 Å². The van der Waals surface area contributed by atoms with E-state index in [0.717, 1.165) is 17.5 Å². The SMILES string of the molecule is C[C@@H]1[C@H](N2Cc3ccc(-c4ccnc(C#N)c4)nc3C2=O)CCN1C#N. The predicted molar refractivity (Wildman–Crippen MR) is 92.2 cm³/mol. The second-order valence-corrected chi connectivity index (χ2v) is 6.57. The van der Waals surface area contributed by atoms with Gasteiger partial charge >= 0.3 is 0 Å². The fourth-order valence-corrected chi connectivity index (χ4v) is 3.75. The number of nitrogens with zero attached hydrogens (tertiary/aromatic N) is 6. The zero-order chi connectivity index (χ0) is 18.3. The zero-order valence-electron chi connectivity index (χ0n) is 14.3. The van der Waals surface area contributed by atoms with E-state index in [1.54, 1.807) is 23.2 Å². The Labute approximate surface area is 151 Å². The van der Waals surface area contributed by atoms with Crippen molar-refractivity contribution >= 4 is 5.91 Å². The Balaban J connectivity index is 1.64. The summed E-state index contributed by atoms with van der Waals surface area (Å²) in [6.07, 6.45) is 4.54. The molecule has 0 aliphatic carbocycles. The molecule has 2 aromatic heterocycles. The number of pyridine rings is 2. The Kier molecular flexibility index (Phi) is 3.78. The van der Waals surface area contributed by atoms with Crippen molar-refractivity contribution in [3.63, 3.8) is 0 Å². The first-order valence-corrected chi connectivity index (χ1v) is 8.46. The van der Waals surface area contributed by atoms with Crippen molar-refractivity contribution in [1.82, 2.24) is 19.8 Å². The van der Waals surface area contributed by atoms with Crippen molar-refractivity contribution in [3.8, 4) is 23.5 Å². The fraction of sp³-hybridized carbons (Fsp3) is 0.316. The second kappa shape index (κ2) is 6.12. The van der Waals surface area contributed by atoms with E-state index >= 15 is 0 Å². The largest absolute Gasteiger partial charge is 0.328 e. The number of likely N-dealkylation sites (tertiary alicyclic amines) is 1. The highest BCUT2D eigenvalue weighted by molar-refractivity contribution is 5.97. The smallest absolute Gasteiger partial charge is 0.273 e. The van der Waals surface area contributed by atoms with Gasteiger partial charge in [-0.3, -0.25) is 4.79 Å². The van der Waals surface area contributed by atoms with Gasteiger partial charge < -0.3 is 9.80 Å². The Bertz CT molecular complexity index is 973. The quantitative estimate of drug-likeness (QED) is 0.772. The molecule has 1 amide bonds. The monoisotopic (exact) mass is 344 g/mol. The van der Waals surface area contributed by atoms with E-state index in [0.29, 0.717) is 30.2 Å². The highest BCUT2D eigenvalue weighted by Gasteiger charge is 2.41. The molecule has 0 saturated carbocycles. The summed E-state index contributed by atoms with van der Waals surface area (Å²) < 4.78 is 0. The normalized spacial score (nSPS) is 21.4. The first-order chi connectivity index (χ1) is 12.6. The van der Waals surface area contributed by atoms with Gasteiger partial charge in [0.25, 0.3) is 5.91 Å². The summed E-state index contributed by atoms with van der Waals surface area (Å²) in [5, 5.41) is 18.2. The van der Waals surface area contributed by atoms with Gasteiger partial charge in [0.15, 0.2) is 6.19 Å². The molecular weight excluding hydrogens is 328 g/mol. The minimum Gasteiger partial charge on any atom is -0.328 e. The maximum Gasteiger partial charge on any atom is 0.273 e. The molecule has 0 bridgehead atoms. The van der Waals surface area contributed by atoms with E-state index < -0.39 is 0 Å². The predicted octanol–water partition coefficient (Wildman–Crippen LogP) is 1.91. The summed E-state index contributed by atoms with van der Waals surface area (Å²) in [6, 6.07) is 9.27. The van der Waals surface area contributed by atoms with Gasteiger partial charge in [-0.15, -0.1) is 0 Å². The summed E-state index contributed by atoms with van der Waals surface area (Å²) in [7, 11) is 0. The van der Waals surface area contributed by atoms with Gasteiger partial charge in [0.1, 0.15) is 17.5 Å². The number of fused-ring (bicyclic) bond motifs is 1. The van der Waals surface area contributed by atoms with Crippen LogP contribution in [0.15, 0.2) is 30.5 Å². The Morgan fingerprint density at radius 3 is 2.85 bits per heavy atom. The number of carbonyl (C=O) groups excluding carboxylic acids is 1. The second-order valence-electron chi connectivity index (χ2n) is 6.57. The first kappa shape index (κ1) is 16.0. The van der Waals surface area contributed by atoms with E-state index in [1.807, 2.05) is 30.0 Å². The van der Waals surface area contributed by atoms with E-state index in [1.165, 1.54) is 0 Å². The number of carbonyl (C=O) groups is 1. The molecule has 7 heteroatoms. The van der Waals surface area contributed by atoms with Crippen molar-refractivity contribution in [3.05, 3.63) is 47.4 Å². The average molecular weight is 344 g/mol. The number of amides is 1. The van der Waals surface area contributed by atoms with Crippen LogP contribution in [0.1, 0.15) is 35.1 Å². The first-order valence-electron chi connectivity index (χ1n) is 8.46. The van der Waals surface area contributed by atoms with Crippen LogP contribution in [0.2, 0.25) is 0 Å². The highest BCUT2D eigenvalue weighted by Crippen LogP contribution is 2.31. The van der Waals surface area contributed by atoms with Gasteiger partial charge in [0, 0.05) is 30.4 Å². The van der Waals surface area contributed by atoms with Crippen LogP contribution in [-0.4, -0.2) is 44.3 Å². The van der Waals surface area contributed by atoms with Crippen LogP contribution in [0.4, 0.5) is 0 Å². The summed E-state index contributed by atoms with van der Waals surface area (Å²) in [5.74, 6) is -0.0898. The molecular formula is C19H16N6O. The van der Waals surface area contributed by atoms with Gasteiger partial charge in [-0.25, -0.2) is 9.97 Å². The molecule has 26 heavy (non-hydrogen) atoms. The van der Waals surface area contributed by atoms with Crippen molar-refractivity contribution < 1.29 is 4.79 Å². The lowest BCUT2D eigenvalue weighted by atomic mass is 10.1. The van der Waals surface area contributed by atoms with Gasteiger partial charge in [0.05, 0.1) is 17.8 Å². The molecule has 0 N–H and O–H groups in total. The van der Waals surface area contributed by atoms with E-state index in [-0.39, 0.29) is 18.0 Å². The molecule has 2 aliphatic rings. The summed E-state index contributed by atoms with van der Waals surface area (Å²) >= 11 is 0.